The first kappa shape index (κ1) is 12.4. The molecule has 0 spiro atoms. The van der Waals surface area contributed by atoms with Crippen LogP contribution in [-0.2, 0) is 16.1 Å². The van der Waals surface area contributed by atoms with Crippen LogP contribution in [0.2, 0.25) is 0 Å². The minimum absolute atomic E-state index is 0.182. The van der Waals surface area contributed by atoms with Gasteiger partial charge in [-0.3, -0.25) is 10.6 Å². The van der Waals surface area contributed by atoms with Gasteiger partial charge in [0.25, 0.3) is 5.82 Å². The minimum Gasteiger partial charge on any atom is -0.466 e. The highest BCUT2D eigenvalue weighted by atomic mass is 16.5. The number of para-hydroxylation sites is 2. The lowest BCUT2D eigenvalue weighted by molar-refractivity contribution is -0.677. The molecule has 0 unspecified atom stereocenters. The molecular formula is C13H18N3O2+. The van der Waals surface area contributed by atoms with Crippen LogP contribution in [0, 0.1) is 6.92 Å². The molecule has 0 fully saturated rings. The molecule has 2 N–H and O–H groups in total. The number of nitrogen functional groups attached to an aromatic ring is 1. The van der Waals surface area contributed by atoms with Gasteiger partial charge in [0.1, 0.15) is 6.54 Å². The zero-order valence-corrected chi connectivity index (χ0v) is 10.7. The molecule has 96 valence electrons. The maximum atomic E-state index is 11.4. The Morgan fingerprint density at radius 1 is 1.44 bits per heavy atom. The highest BCUT2D eigenvalue weighted by Crippen LogP contribution is 2.11. The van der Waals surface area contributed by atoms with Crippen molar-refractivity contribution in [1.29, 1.82) is 0 Å². The van der Waals surface area contributed by atoms with Crippen molar-refractivity contribution < 1.29 is 14.1 Å². The van der Waals surface area contributed by atoms with E-state index in [4.69, 9.17) is 10.6 Å². The number of ether oxygens (including phenoxy) is 1. The summed E-state index contributed by atoms with van der Waals surface area (Å²) < 4.78 is 8.61. The van der Waals surface area contributed by atoms with E-state index in [2.05, 4.69) is 0 Å². The number of aromatic nitrogens is 2. The van der Waals surface area contributed by atoms with Crippen molar-refractivity contribution in [2.75, 3.05) is 12.4 Å². The van der Waals surface area contributed by atoms with Gasteiger partial charge < -0.3 is 4.74 Å². The van der Waals surface area contributed by atoms with Crippen LogP contribution >= 0.6 is 0 Å². The van der Waals surface area contributed by atoms with Crippen LogP contribution in [0.1, 0.15) is 19.2 Å². The van der Waals surface area contributed by atoms with Crippen LogP contribution in [0.5, 0.6) is 0 Å². The van der Waals surface area contributed by atoms with E-state index in [0.29, 0.717) is 19.6 Å². The van der Waals surface area contributed by atoms with E-state index >= 15 is 0 Å². The lowest BCUT2D eigenvalue weighted by Gasteiger charge is -2.01. The minimum atomic E-state index is -0.182. The molecule has 0 aliphatic rings. The summed E-state index contributed by atoms with van der Waals surface area (Å²) in [5.74, 6) is 6.72. The summed E-state index contributed by atoms with van der Waals surface area (Å²) in [7, 11) is 0. The number of hydrogen-bond donors (Lipinski definition) is 1. The number of carbonyl (C=O) groups is 1. The van der Waals surface area contributed by atoms with Gasteiger partial charge in [0.05, 0.1) is 13.0 Å². The van der Waals surface area contributed by atoms with Gasteiger partial charge in [-0.2, -0.15) is 0 Å². The molecule has 5 nitrogen and oxygen atoms in total. The lowest BCUT2D eigenvalue weighted by Crippen LogP contribution is -2.38. The Morgan fingerprint density at radius 3 is 2.89 bits per heavy atom. The third-order valence-electron chi connectivity index (χ3n) is 3.02. The molecule has 0 amide bonds. The van der Waals surface area contributed by atoms with Crippen molar-refractivity contribution in [2.24, 2.45) is 0 Å². The Hall–Kier alpha value is -2.04. The molecule has 5 heteroatoms. The van der Waals surface area contributed by atoms with E-state index in [1.165, 1.54) is 0 Å². The van der Waals surface area contributed by atoms with Gasteiger partial charge in [0.15, 0.2) is 11.0 Å². The van der Waals surface area contributed by atoms with Gasteiger partial charge in [-0.05, 0) is 19.1 Å². The number of nitrogens with two attached hydrogens (primary N) is 1. The molecule has 1 heterocycles. The first-order valence-corrected chi connectivity index (χ1v) is 6.05. The molecule has 18 heavy (non-hydrogen) atoms. The van der Waals surface area contributed by atoms with Gasteiger partial charge >= 0.3 is 5.97 Å². The number of benzene rings is 1. The monoisotopic (exact) mass is 248 g/mol. The number of hydrogen-bond acceptors (Lipinski definition) is 3. The van der Waals surface area contributed by atoms with Crippen molar-refractivity contribution in [3.05, 3.63) is 30.1 Å². The highest BCUT2D eigenvalue weighted by molar-refractivity contribution is 5.72. The van der Waals surface area contributed by atoms with Crippen LogP contribution in [0.4, 0.5) is 0 Å². The first-order valence-electron chi connectivity index (χ1n) is 6.05. The van der Waals surface area contributed by atoms with E-state index in [1.807, 2.05) is 42.7 Å². The number of nitrogens with zero attached hydrogens (tertiary/aromatic N) is 2. The normalized spacial score (nSPS) is 10.8. The summed E-state index contributed by atoms with van der Waals surface area (Å²) in [5.41, 5.74) is 1.99. The fourth-order valence-corrected chi connectivity index (χ4v) is 2.09. The molecule has 0 saturated carbocycles. The molecule has 0 aliphatic heterocycles. The Labute approximate surface area is 106 Å². The van der Waals surface area contributed by atoms with Crippen molar-refractivity contribution in [3.63, 3.8) is 0 Å². The van der Waals surface area contributed by atoms with Crippen molar-refractivity contribution in [3.8, 4) is 0 Å². The zero-order valence-electron chi connectivity index (χ0n) is 10.7. The molecule has 2 rings (SSSR count). The quantitative estimate of drug-likeness (QED) is 0.497. The number of aryl methyl sites for hydroxylation is 1. The van der Waals surface area contributed by atoms with Crippen molar-refractivity contribution in [1.82, 2.24) is 4.68 Å². The first-order chi connectivity index (χ1) is 8.65. The van der Waals surface area contributed by atoms with Crippen LogP contribution in [0.25, 0.3) is 11.0 Å². The summed E-state index contributed by atoms with van der Waals surface area (Å²) in [6, 6.07) is 7.86. The fraction of sp³-hybridized carbons (Fsp3) is 0.385. The SMILES string of the molecule is CCOC(=O)CC[n+]1c(C)n(N)c2ccccc21. The standard InChI is InChI=1S/C13H18N3O2/c1-3-18-13(17)8-9-15-10(2)16(14)12-7-5-4-6-11(12)15/h4-7H,3,8-9,14H2,1-2H3/q+1. The summed E-state index contributed by atoms with van der Waals surface area (Å²) in [6.45, 7) is 4.74. The van der Waals surface area contributed by atoms with Crippen LogP contribution in [0.15, 0.2) is 24.3 Å². The Kier molecular flexibility index (Phi) is 3.50. The maximum Gasteiger partial charge on any atom is 0.309 e. The maximum absolute atomic E-state index is 11.4. The second-order valence-electron chi connectivity index (χ2n) is 4.11. The zero-order chi connectivity index (χ0) is 13.1. The van der Waals surface area contributed by atoms with E-state index in [1.54, 1.807) is 4.68 Å². The largest absolute Gasteiger partial charge is 0.466 e. The van der Waals surface area contributed by atoms with Crippen LogP contribution in [0.3, 0.4) is 0 Å². The lowest BCUT2D eigenvalue weighted by atomic mass is 10.3. The average molecular weight is 248 g/mol. The topological polar surface area (TPSA) is 61.1 Å². The number of carbonyl (C=O) groups excluding carboxylic acids is 1. The predicted molar refractivity (Wildman–Crippen MR) is 68.3 cm³/mol. The van der Waals surface area contributed by atoms with Crippen LogP contribution < -0.4 is 10.4 Å². The fourth-order valence-electron chi connectivity index (χ4n) is 2.09. The average Bonchev–Trinajstić information content (AvgIpc) is 2.61. The second-order valence-corrected chi connectivity index (χ2v) is 4.11. The number of esters is 1. The molecule has 0 saturated heterocycles. The van der Waals surface area contributed by atoms with E-state index in [0.717, 1.165) is 16.9 Å². The molecule has 2 aromatic rings. The summed E-state index contributed by atoms with van der Waals surface area (Å²) in [5, 5.41) is 0. The molecule has 0 atom stereocenters. The van der Waals surface area contributed by atoms with Gasteiger partial charge in [-0.15, -0.1) is 4.68 Å². The van der Waals surface area contributed by atoms with E-state index in [9.17, 15) is 4.79 Å². The van der Waals surface area contributed by atoms with Crippen LogP contribution in [-0.4, -0.2) is 17.3 Å². The Bertz CT molecular complexity index is 575. The number of imidazole rings is 1. The molecule has 0 bridgehead atoms. The Balaban J connectivity index is 2.28. The molecular weight excluding hydrogens is 230 g/mol. The summed E-state index contributed by atoms with van der Waals surface area (Å²) >= 11 is 0. The Morgan fingerprint density at radius 2 is 2.17 bits per heavy atom. The molecule has 0 radical (unpaired) electrons. The number of rotatable bonds is 4. The van der Waals surface area contributed by atoms with Crippen molar-refractivity contribution >= 4 is 17.0 Å². The second kappa shape index (κ2) is 5.08. The van der Waals surface area contributed by atoms with Gasteiger partial charge in [0, 0.05) is 6.92 Å². The summed E-state index contributed by atoms with van der Waals surface area (Å²) in [6.07, 6.45) is 0.355. The van der Waals surface area contributed by atoms with Gasteiger partial charge in [-0.25, -0.2) is 4.57 Å². The number of fused-ring (bicyclic) bond motifs is 1. The highest BCUT2D eigenvalue weighted by Gasteiger charge is 2.20. The van der Waals surface area contributed by atoms with Gasteiger partial charge in [-0.1, -0.05) is 12.1 Å². The third kappa shape index (κ3) is 2.16. The third-order valence-corrected chi connectivity index (χ3v) is 3.02. The van der Waals surface area contributed by atoms with Gasteiger partial charge in [0.2, 0.25) is 0 Å². The van der Waals surface area contributed by atoms with Crippen molar-refractivity contribution in [2.45, 2.75) is 26.8 Å². The molecule has 0 aliphatic carbocycles. The summed E-state index contributed by atoms with van der Waals surface area (Å²) in [4.78, 5) is 11.4. The smallest absolute Gasteiger partial charge is 0.309 e. The molecule has 1 aromatic heterocycles. The van der Waals surface area contributed by atoms with E-state index < -0.39 is 0 Å². The predicted octanol–water partition coefficient (Wildman–Crippen LogP) is 0.904. The van der Waals surface area contributed by atoms with E-state index in [-0.39, 0.29) is 5.97 Å². The molecule has 1 aromatic carbocycles.